The molecule has 0 atom stereocenters. The van der Waals surface area contributed by atoms with Crippen molar-refractivity contribution >= 4 is 23.0 Å². The highest BCUT2D eigenvalue weighted by molar-refractivity contribution is 8.13. The molecule has 0 rings (SSSR count). The molecule has 2 N–H and O–H groups in total. The lowest BCUT2D eigenvalue weighted by Gasteiger charge is -2.31. The van der Waals surface area contributed by atoms with Gasteiger partial charge < -0.3 is 4.90 Å². The van der Waals surface area contributed by atoms with Crippen molar-refractivity contribution < 1.29 is 4.79 Å². The highest BCUT2D eigenvalue weighted by Gasteiger charge is 2.22. The molecule has 13 heavy (non-hydrogen) atoms. The van der Waals surface area contributed by atoms with E-state index in [1.807, 2.05) is 20.8 Å². The van der Waals surface area contributed by atoms with Crippen LogP contribution >= 0.6 is 11.8 Å². The van der Waals surface area contributed by atoms with E-state index in [0.717, 1.165) is 0 Å². The van der Waals surface area contributed by atoms with Crippen molar-refractivity contribution in [2.24, 2.45) is 0 Å². The van der Waals surface area contributed by atoms with E-state index in [4.69, 9.17) is 5.41 Å². The molecule has 0 aliphatic carbocycles. The van der Waals surface area contributed by atoms with Crippen LogP contribution in [0.2, 0.25) is 0 Å². The zero-order chi connectivity index (χ0) is 10.6. The average Bonchev–Trinajstić information content (AvgIpc) is 2.01. The topological polar surface area (TPSA) is 56.2 Å². The van der Waals surface area contributed by atoms with Crippen LogP contribution < -0.4 is 5.32 Å². The molecular weight excluding hydrogens is 186 g/mol. The first-order valence-corrected chi connectivity index (χ1v) is 5.19. The van der Waals surface area contributed by atoms with Gasteiger partial charge >= 0.3 is 6.03 Å². The van der Waals surface area contributed by atoms with Gasteiger partial charge in [-0.25, -0.2) is 4.79 Å². The van der Waals surface area contributed by atoms with E-state index in [9.17, 15) is 4.79 Å². The van der Waals surface area contributed by atoms with Crippen molar-refractivity contribution in [3.05, 3.63) is 0 Å². The van der Waals surface area contributed by atoms with Crippen molar-refractivity contribution in [3.8, 4) is 0 Å². The van der Waals surface area contributed by atoms with Crippen molar-refractivity contribution in [1.29, 1.82) is 5.41 Å². The zero-order valence-corrected chi connectivity index (χ0v) is 9.58. The molecule has 0 fully saturated rings. The van der Waals surface area contributed by atoms with Crippen LogP contribution in [0.4, 0.5) is 4.79 Å². The van der Waals surface area contributed by atoms with Crippen LogP contribution in [0.1, 0.15) is 20.8 Å². The van der Waals surface area contributed by atoms with Gasteiger partial charge in [0.2, 0.25) is 0 Å². The number of rotatable bonds is 0. The Morgan fingerprint density at radius 2 is 1.92 bits per heavy atom. The van der Waals surface area contributed by atoms with E-state index in [1.54, 1.807) is 18.2 Å². The lowest BCUT2D eigenvalue weighted by molar-refractivity contribution is 0.170. The first kappa shape index (κ1) is 12.3. The van der Waals surface area contributed by atoms with Crippen molar-refractivity contribution in [3.63, 3.8) is 0 Å². The lowest BCUT2D eigenvalue weighted by atomic mass is 10.1. The van der Waals surface area contributed by atoms with E-state index in [1.165, 1.54) is 11.8 Å². The van der Waals surface area contributed by atoms with Crippen molar-refractivity contribution in [2.45, 2.75) is 26.3 Å². The summed E-state index contributed by atoms with van der Waals surface area (Å²) in [5, 5.41) is 9.91. The summed E-state index contributed by atoms with van der Waals surface area (Å²) in [7, 11) is 1.71. The van der Waals surface area contributed by atoms with Gasteiger partial charge in [-0.3, -0.25) is 10.7 Å². The monoisotopic (exact) mass is 203 g/mol. The number of nitrogens with zero attached hydrogens (tertiary/aromatic N) is 1. The summed E-state index contributed by atoms with van der Waals surface area (Å²) in [6.07, 6.45) is 1.75. The van der Waals surface area contributed by atoms with E-state index in [2.05, 4.69) is 5.32 Å². The molecule has 0 aromatic heterocycles. The number of carbonyl (C=O) groups is 1. The zero-order valence-electron chi connectivity index (χ0n) is 8.76. The molecule has 0 aromatic carbocycles. The number of hydrogen-bond acceptors (Lipinski definition) is 3. The average molecular weight is 203 g/mol. The molecule has 2 amide bonds. The van der Waals surface area contributed by atoms with Crippen LogP contribution in [-0.2, 0) is 0 Å². The van der Waals surface area contributed by atoms with Crippen LogP contribution in [0.25, 0.3) is 0 Å². The Labute approximate surface area is 83.6 Å². The van der Waals surface area contributed by atoms with Gasteiger partial charge in [0.1, 0.15) is 0 Å². The minimum Gasteiger partial charge on any atom is -0.323 e. The second-order valence-corrected chi connectivity index (χ2v) is 4.51. The molecule has 0 heterocycles. The lowest BCUT2D eigenvalue weighted by Crippen LogP contribution is -2.48. The predicted molar refractivity (Wildman–Crippen MR) is 57.3 cm³/mol. The summed E-state index contributed by atoms with van der Waals surface area (Å²) in [5.74, 6) is 0. The molecule has 0 radical (unpaired) electrons. The third-order valence-electron chi connectivity index (χ3n) is 1.74. The predicted octanol–water partition coefficient (Wildman–Crippen LogP) is 1.72. The number of carbonyl (C=O) groups excluding carboxylic acids is 1. The van der Waals surface area contributed by atoms with Gasteiger partial charge in [-0.1, -0.05) is 11.8 Å². The molecular formula is C8H17N3OS. The Hall–Kier alpha value is -0.710. The number of nitrogens with one attached hydrogen (secondary N) is 2. The van der Waals surface area contributed by atoms with Crippen molar-refractivity contribution in [1.82, 2.24) is 10.2 Å². The van der Waals surface area contributed by atoms with Crippen LogP contribution in [-0.4, -0.2) is 34.9 Å². The Bertz CT molecular complexity index is 210. The van der Waals surface area contributed by atoms with Crippen LogP contribution in [0.15, 0.2) is 0 Å². The quantitative estimate of drug-likeness (QED) is 0.465. The molecule has 0 aliphatic heterocycles. The first-order valence-electron chi connectivity index (χ1n) is 3.96. The van der Waals surface area contributed by atoms with Gasteiger partial charge in [0.15, 0.2) is 5.17 Å². The van der Waals surface area contributed by atoms with Gasteiger partial charge in [-0.05, 0) is 27.0 Å². The molecule has 0 aliphatic rings. The minimum atomic E-state index is -0.244. The maximum absolute atomic E-state index is 11.4. The highest BCUT2D eigenvalue weighted by Crippen LogP contribution is 2.10. The Morgan fingerprint density at radius 3 is 2.23 bits per heavy atom. The minimum absolute atomic E-state index is 0.168. The Morgan fingerprint density at radius 1 is 1.46 bits per heavy atom. The fourth-order valence-electron chi connectivity index (χ4n) is 0.537. The summed E-state index contributed by atoms with van der Waals surface area (Å²) in [5.41, 5.74) is -0.219. The second kappa shape index (κ2) is 4.50. The van der Waals surface area contributed by atoms with Crippen LogP contribution in [0, 0.1) is 5.41 Å². The van der Waals surface area contributed by atoms with E-state index in [-0.39, 0.29) is 16.7 Å². The van der Waals surface area contributed by atoms with Crippen molar-refractivity contribution in [2.75, 3.05) is 13.3 Å². The standard InChI is InChI=1S/C8H17N3OS/c1-8(2,3)11(4)7(12)10-6(9)13-5/h1-5H3,(H2,9,10,12). The summed E-state index contributed by atoms with van der Waals surface area (Å²) < 4.78 is 0. The third-order valence-corrected chi connectivity index (χ3v) is 2.25. The molecule has 0 unspecified atom stereocenters. The number of amidine groups is 1. The number of amides is 2. The SMILES string of the molecule is CSC(=N)NC(=O)N(C)C(C)(C)C. The molecule has 5 heteroatoms. The van der Waals surface area contributed by atoms with Crippen LogP contribution in [0.3, 0.4) is 0 Å². The van der Waals surface area contributed by atoms with E-state index in [0.29, 0.717) is 0 Å². The van der Waals surface area contributed by atoms with Gasteiger partial charge in [0, 0.05) is 12.6 Å². The number of hydrogen-bond donors (Lipinski definition) is 2. The molecule has 76 valence electrons. The van der Waals surface area contributed by atoms with Crippen LogP contribution in [0.5, 0.6) is 0 Å². The first-order chi connectivity index (χ1) is 5.79. The highest BCUT2D eigenvalue weighted by atomic mass is 32.2. The number of thioether (sulfide) groups is 1. The largest absolute Gasteiger partial charge is 0.323 e. The smallest absolute Gasteiger partial charge is 0.323 e. The molecule has 0 bridgehead atoms. The third kappa shape index (κ3) is 4.17. The van der Waals surface area contributed by atoms with Gasteiger partial charge in [0.25, 0.3) is 0 Å². The van der Waals surface area contributed by atoms with E-state index < -0.39 is 0 Å². The van der Waals surface area contributed by atoms with Gasteiger partial charge in [-0.2, -0.15) is 0 Å². The molecule has 0 saturated heterocycles. The van der Waals surface area contributed by atoms with Gasteiger partial charge in [-0.15, -0.1) is 0 Å². The summed E-state index contributed by atoms with van der Waals surface area (Å²) in [4.78, 5) is 13.0. The summed E-state index contributed by atoms with van der Waals surface area (Å²) in [6, 6.07) is -0.244. The second-order valence-electron chi connectivity index (χ2n) is 3.69. The Balaban J connectivity index is 4.20. The molecule has 4 nitrogen and oxygen atoms in total. The van der Waals surface area contributed by atoms with Gasteiger partial charge in [0.05, 0.1) is 0 Å². The molecule has 0 aromatic rings. The Kier molecular flexibility index (Phi) is 4.26. The molecule has 0 spiro atoms. The summed E-state index contributed by atoms with van der Waals surface area (Å²) in [6.45, 7) is 5.82. The maximum Gasteiger partial charge on any atom is 0.323 e. The molecule has 0 saturated carbocycles. The maximum atomic E-state index is 11.4. The van der Waals surface area contributed by atoms with E-state index >= 15 is 0 Å². The normalized spacial score (nSPS) is 10.8. The fourth-order valence-corrected chi connectivity index (χ4v) is 0.726. The number of urea groups is 1. The fraction of sp³-hybridized carbons (Fsp3) is 0.750. The summed E-state index contributed by atoms with van der Waals surface area (Å²) >= 11 is 1.21.